The lowest BCUT2D eigenvalue weighted by Gasteiger charge is -2.22. The van der Waals surface area contributed by atoms with Crippen LogP contribution in [0.25, 0.3) is 0 Å². The van der Waals surface area contributed by atoms with Gasteiger partial charge in [0.25, 0.3) is 0 Å². The van der Waals surface area contributed by atoms with Gasteiger partial charge in [-0.3, -0.25) is 4.79 Å². The van der Waals surface area contributed by atoms with E-state index in [-0.39, 0.29) is 23.9 Å². The second kappa shape index (κ2) is 8.26. The maximum atomic E-state index is 13.6. The van der Waals surface area contributed by atoms with E-state index < -0.39 is 0 Å². The van der Waals surface area contributed by atoms with Gasteiger partial charge < -0.3 is 10.1 Å². The smallest absolute Gasteiger partial charge is 0.307 e. The summed E-state index contributed by atoms with van der Waals surface area (Å²) in [6, 6.07) is 14.9. The molecule has 0 amide bonds. The molecular formula is C21H24FNO2. The van der Waals surface area contributed by atoms with Crippen LogP contribution in [-0.2, 0) is 22.4 Å². The van der Waals surface area contributed by atoms with E-state index in [0.717, 1.165) is 29.5 Å². The van der Waals surface area contributed by atoms with Crippen LogP contribution in [0.15, 0.2) is 48.5 Å². The van der Waals surface area contributed by atoms with Crippen LogP contribution in [0.2, 0.25) is 0 Å². The number of cyclic esters (lactones) is 1. The fourth-order valence-electron chi connectivity index (χ4n) is 3.40. The van der Waals surface area contributed by atoms with Crippen molar-refractivity contribution in [3.8, 4) is 0 Å². The molecule has 0 radical (unpaired) electrons. The zero-order valence-electron chi connectivity index (χ0n) is 14.5. The van der Waals surface area contributed by atoms with Gasteiger partial charge in [-0.25, -0.2) is 4.39 Å². The highest BCUT2D eigenvalue weighted by atomic mass is 19.1. The van der Waals surface area contributed by atoms with Gasteiger partial charge in [0.05, 0.1) is 12.5 Å². The van der Waals surface area contributed by atoms with E-state index in [0.29, 0.717) is 19.4 Å². The Balaban J connectivity index is 1.79. The first-order valence-corrected chi connectivity index (χ1v) is 8.89. The predicted molar refractivity (Wildman–Crippen MR) is 95.8 cm³/mol. The van der Waals surface area contributed by atoms with Gasteiger partial charge in [-0.2, -0.15) is 0 Å². The summed E-state index contributed by atoms with van der Waals surface area (Å²) in [5.74, 6) is -0.391. The van der Waals surface area contributed by atoms with Crippen LogP contribution in [0.3, 0.4) is 0 Å². The molecule has 2 aromatic carbocycles. The number of halogens is 1. The van der Waals surface area contributed by atoms with Crippen LogP contribution in [0.4, 0.5) is 4.39 Å². The van der Waals surface area contributed by atoms with Crippen molar-refractivity contribution in [2.45, 2.75) is 44.7 Å². The summed E-state index contributed by atoms with van der Waals surface area (Å²) >= 11 is 0. The summed E-state index contributed by atoms with van der Waals surface area (Å²) in [5.41, 5.74) is 3.23. The molecule has 1 saturated heterocycles. The van der Waals surface area contributed by atoms with Crippen molar-refractivity contribution < 1.29 is 13.9 Å². The molecule has 2 unspecified atom stereocenters. The number of esters is 1. The molecule has 0 aromatic heterocycles. The Bertz CT molecular complexity index is 717. The average Bonchev–Trinajstić information content (AvgIpc) is 2.80. The highest BCUT2D eigenvalue weighted by Gasteiger charge is 2.26. The molecular weight excluding hydrogens is 317 g/mol. The monoisotopic (exact) mass is 341 g/mol. The lowest BCUT2D eigenvalue weighted by Crippen LogP contribution is -2.35. The van der Waals surface area contributed by atoms with E-state index in [1.807, 2.05) is 36.4 Å². The average molecular weight is 341 g/mol. The Hall–Kier alpha value is -2.20. The van der Waals surface area contributed by atoms with Gasteiger partial charge in [0.15, 0.2) is 0 Å². The third-order valence-corrected chi connectivity index (χ3v) is 4.62. The summed E-state index contributed by atoms with van der Waals surface area (Å²) in [5, 5.41) is 3.56. The minimum Gasteiger partial charge on any atom is -0.464 e. The summed E-state index contributed by atoms with van der Waals surface area (Å²) in [6.45, 7) is 2.42. The lowest BCUT2D eigenvalue weighted by molar-refractivity contribution is -0.143. The Labute approximate surface area is 148 Å². The van der Waals surface area contributed by atoms with Gasteiger partial charge in [-0.05, 0) is 41.7 Å². The van der Waals surface area contributed by atoms with Crippen molar-refractivity contribution in [3.63, 3.8) is 0 Å². The van der Waals surface area contributed by atoms with E-state index in [1.54, 1.807) is 6.07 Å². The van der Waals surface area contributed by atoms with Crippen LogP contribution in [-0.4, -0.2) is 18.6 Å². The molecule has 3 nitrogen and oxygen atoms in total. The minimum atomic E-state index is -0.206. The summed E-state index contributed by atoms with van der Waals surface area (Å²) in [4.78, 5) is 12.0. The van der Waals surface area contributed by atoms with Crippen LogP contribution in [0.1, 0.15) is 42.5 Å². The van der Waals surface area contributed by atoms with Gasteiger partial charge in [0.1, 0.15) is 12.4 Å². The Morgan fingerprint density at radius 2 is 1.96 bits per heavy atom. The first-order valence-electron chi connectivity index (χ1n) is 8.89. The second-order valence-corrected chi connectivity index (χ2v) is 6.58. The zero-order valence-corrected chi connectivity index (χ0v) is 14.5. The maximum Gasteiger partial charge on any atom is 0.307 e. The number of rotatable bonds is 5. The molecule has 4 heteroatoms. The predicted octanol–water partition coefficient (Wildman–Crippen LogP) is 3.97. The molecule has 2 aromatic rings. The van der Waals surface area contributed by atoms with Gasteiger partial charge in [0.2, 0.25) is 0 Å². The molecule has 1 heterocycles. The van der Waals surface area contributed by atoms with Crippen molar-refractivity contribution in [1.82, 2.24) is 5.32 Å². The molecule has 1 fully saturated rings. The first-order chi connectivity index (χ1) is 12.2. The normalized spacial score (nSPS) is 20.8. The molecule has 0 saturated carbocycles. The Morgan fingerprint density at radius 3 is 2.72 bits per heavy atom. The minimum absolute atomic E-state index is 0.0206. The standard InChI is InChI=1S/C21H24FNO2/c1-2-6-16-11-18(22)10-9-17(16)12-19-13-21(24)25-14-20(23-19)15-7-4-3-5-8-15/h3-5,7-11,19-20,23H,2,6,12-14H2,1H3. The van der Waals surface area contributed by atoms with Crippen molar-refractivity contribution in [3.05, 3.63) is 71.0 Å². The lowest BCUT2D eigenvalue weighted by atomic mass is 9.95. The number of hydrogen-bond acceptors (Lipinski definition) is 3. The van der Waals surface area contributed by atoms with Crippen molar-refractivity contribution in [2.24, 2.45) is 0 Å². The van der Waals surface area contributed by atoms with Gasteiger partial charge in [0, 0.05) is 6.04 Å². The van der Waals surface area contributed by atoms with E-state index in [4.69, 9.17) is 4.74 Å². The third kappa shape index (κ3) is 4.67. The zero-order chi connectivity index (χ0) is 17.6. The molecule has 1 aliphatic rings. The quantitative estimate of drug-likeness (QED) is 0.837. The molecule has 0 spiro atoms. The number of nitrogens with one attached hydrogen (secondary N) is 1. The molecule has 25 heavy (non-hydrogen) atoms. The highest BCUT2D eigenvalue weighted by molar-refractivity contribution is 5.70. The molecule has 0 bridgehead atoms. The maximum absolute atomic E-state index is 13.6. The van der Waals surface area contributed by atoms with E-state index in [2.05, 4.69) is 12.2 Å². The third-order valence-electron chi connectivity index (χ3n) is 4.62. The van der Waals surface area contributed by atoms with Crippen LogP contribution >= 0.6 is 0 Å². The van der Waals surface area contributed by atoms with Gasteiger partial charge >= 0.3 is 5.97 Å². The second-order valence-electron chi connectivity index (χ2n) is 6.58. The van der Waals surface area contributed by atoms with Crippen molar-refractivity contribution in [1.29, 1.82) is 0 Å². The van der Waals surface area contributed by atoms with Gasteiger partial charge in [-0.15, -0.1) is 0 Å². The van der Waals surface area contributed by atoms with E-state index >= 15 is 0 Å². The Morgan fingerprint density at radius 1 is 1.16 bits per heavy atom. The summed E-state index contributed by atoms with van der Waals surface area (Å²) < 4.78 is 18.9. The van der Waals surface area contributed by atoms with E-state index in [1.165, 1.54) is 6.07 Å². The van der Waals surface area contributed by atoms with Crippen LogP contribution < -0.4 is 5.32 Å². The SMILES string of the molecule is CCCc1cc(F)ccc1CC1CC(=O)OCC(c2ccccc2)N1. The largest absolute Gasteiger partial charge is 0.464 e. The Kier molecular flexibility index (Phi) is 5.82. The highest BCUT2D eigenvalue weighted by Crippen LogP contribution is 2.22. The number of carbonyl (C=O) groups excluding carboxylic acids is 1. The fourth-order valence-corrected chi connectivity index (χ4v) is 3.40. The molecule has 1 aliphatic heterocycles. The summed E-state index contributed by atoms with van der Waals surface area (Å²) in [6.07, 6.45) is 2.82. The molecule has 3 rings (SSSR count). The number of hydrogen-bond donors (Lipinski definition) is 1. The number of carbonyl (C=O) groups is 1. The van der Waals surface area contributed by atoms with Crippen molar-refractivity contribution in [2.75, 3.05) is 6.61 Å². The topological polar surface area (TPSA) is 38.3 Å². The van der Waals surface area contributed by atoms with Crippen LogP contribution in [0.5, 0.6) is 0 Å². The molecule has 1 N–H and O–H groups in total. The van der Waals surface area contributed by atoms with E-state index in [9.17, 15) is 9.18 Å². The summed E-state index contributed by atoms with van der Waals surface area (Å²) in [7, 11) is 0. The number of benzene rings is 2. The number of aryl methyl sites for hydroxylation is 1. The van der Waals surface area contributed by atoms with Gasteiger partial charge in [-0.1, -0.05) is 49.7 Å². The fraction of sp³-hybridized carbons (Fsp3) is 0.381. The first kappa shape index (κ1) is 17.6. The van der Waals surface area contributed by atoms with Crippen molar-refractivity contribution >= 4 is 5.97 Å². The molecule has 132 valence electrons. The number of ether oxygens (including phenoxy) is 1. The molecule has 2 atom stereocenters. The van der Waals surface area contributed by atoms with Crippen LogP contribution in [0, 0.1) is 5.82 Å². The molecule has 0 aliphatic carbocycles.